The van der Waals surface area contributed by atoms with Crippen LogP contribution >= 0.6 is 0 Å². The van der Waals surface area contributed by atoms with Crippen molar-refractivity contribution in [3.05, 3.63) is 12.2 Å². The summed E-state index contributed by atoms with van der Waals surface area (Å²) in [4.78, 5) is 72.3. The summed E-state index contributed by atoms with van der Waals surface area (Å²) in [6.07, 6.45) is 3.12. The first-order valence-electron chi connectivity index (χ1n) is 17.9. The van der Waals surface area contributed by atoms with Crippen molar-refractivity contribution in [1.29, 1.82) is 0 Å². The number of rotatable bonds is 37. The van der Waals surface area contributed by atoms with Gasteiger partial charge in [0.25, 0.3) is 11.8 Å². The fourth-order valence-electron chi connectivity index (χ4n) is 4.33. The Morgan fingerprint density at radius 2 is 1.08 bits per heavy atom. The zero-order valence-corrected chi connectivity index (χ0v) is 30.8. The number of carbonyl (C=O) groups excluding carboxylic acids is 5. The van der Waals surface area contributed by atoms with Gasteiger partial charge in [-0.1, -0.05) is 0 Å². The molecule has 0 saturated carbocycles. The number of hydrogen-bond acceptors (Lipinski definition) is 14. The molecule has 0 fully saturated rings. The third kappa shape index (κ3) is 27.7. The van der Waals surface area contributed by atoms with E-state index >= 15 is 0 Å². The molecule has 304 valence electrons. The number of nitrogens with zero attached hydrogens (tertiary/aromatic N) is 1. The summed E-state index contributed by atoms with van der Waals surface area (Å²) in [5.41, 5.74) is 0. The summed E-state index contributed by atoms with van der Waals surface area (Å²) in [5, 5.41) is 16.7. The average Bonchev–Trinajstić information content (AvgIpc) is 3.45. The number of methoxy groups -OCH3 is 1. The van der Waals surface area contributed by atoms with Crippen LogP contribution in [0.15, 0.2) is 12.2 Å². The van der Waals surface area contributed by atoms with Gasteiger partial charge in [-0.3, -0.25) is 33.7 Å². The Labute approximate surface area is 310 Å². The molecule has 4 N–H and O–H groups in total. The fraction of sp³-hybridized carbons (Fsp3) is 0.765. The van der Waals surface area contributed by atoms with Gasteiger partial charge in [0.2, 0.25) is 17.7 Å². The summed E-state index contributed by atoms with van der Waals surface area (Å²) >= 11 is 0. The van der Waals surface area contributed by atoms with Gasteiger partial charge >= 0.3 is 5.97 Å². The molecule has 19 nitrogen and oxygen atoms in total. The van der Waals surface area contributed by atoms with E-state index in [2.05, 4.69) is 16.0 Å². The van der Waals surface area contributed by atoms with Crippen LogP contribution in [0.2, 0.25) is 0 Å². The van der Waals surface area contributed by atoms with E-state index in [1.165, 1.54) is 0 Å². The number of aliphatic carboxylic acids is 1. The Hall–Kier alpha value is -3.56. The van der Waals surface area contributed by atoms with Crippen LogP contribution in [0.5, 0.6) is 0 Å². The predicted molar refractivity (Wildman–Crippen MR) is 187 cm³/mol. The molecule has 0 aromatic heterocycles. The Kier molecular flexibility index (Phi) is 29.6. The molecule has 5 amide bonds. The van der Waals surface area contributed by atoms with E-state index in [0.29, 0.717) is 112 Å². The lowest BCUT2D eigenvalue weighted by atomic mass is 10.1. The Bertz CT molecular complexity index is 1060. The number of ether oxygens (including phenoxy) is 8. The van der Waals surface area contributed by atoms with E-state index < -0.39 is 35.6 Å². The van der Waals surface area contributed by atoms with Crippen LogP contribution in [-0.4, -0.2) is 177 Å². The zero-order valence-electron chi connectivity index (χ0n) is 30.8. The third-order valence-corrected chi connectivity index (χ3v) is 7.13. The van der Waals surface area contributed by atoms with Crippen LogP contribution in [0, 0.1) is 0 Å². The number of amides is 5. The van der Waals surface area contributed by atoms with Gasteiger partial charge in [-0.05, 0) is 19.3 Å². The molecule has 1 heterocycles. The summed E-state index contributed by atoms with van der Waals surface area (Å²) in [6.45, 7) is 6.78. The molecule has 0 aromatic carbocycles. The van der Waals surface area contributed by atoms with Crippen LogP contribution in [0.1, 0.15) is 38.5 Å². The summed E-state index contributed by atoms with van der Waals surface area (Å²) in [5.74, 6) is -3.41. The van der Waals surface area contributed by atoms with Gasteiger partial charge in [-0.2, -0.15) is 0 Å². The van der Waals surface area contributed by atoms with Gasteiger partial charge < -0.3 is 59.0 Å². The minimum absolute atomic E-state index is 0.110. The highest BCUT2D eigenvalue weighted by Gasteiger charge is 2.25. The van der Waals surface area contributed by atoms with Gasteiger partial charge in [0.05, 0.1) is 106 Å². The van der Waals surface area contributed by atoms with Gasteiger partial charge in [0.1, 0.15) is 6.04 Å². The van der Waals surface area contributed by atoms with Gasteiger partial charge in [0, 0.05) is 51.7 Å². The number of carbonyl (C=O) groups is 6. The van der Waals surface area contributed by atoms with Crippen molar-refractivity contribution in [2.24, 2.45) is 0 Å². The quantitative estimate of drug-likeness (QED) is 0.0431. The largest absolute Gasteiger partial charge is 0.481 e. The second kappa shape index (κ2) is 33.0. The molecule has 0 aromatic rings. The van der Waals surface area contributed by atoms with E-state index in [9.17, 15) is 28.8 Å². The van der Waals surface area contributed by atoms with E-state index in [4.69, 9.17) is 43.0 Å². The molecular formula is C34H58N4O15. The zero-order chi connectivity index (χ0) is 38.8. The van der Waals surface area contributed by atoms with Gasteiger partial charge in [-0.25, -0.2) is 0 Å². The lowest BCUT2D eigenvalue weighted by Crippen LogP contribution is -2.48. The summed E-state index contributed by atoms with van der Waals surface area (Å²) in [6, 6.07) is -0.956. The number of carboxylic acids is 1. The highest BCUT2D eigenvalue weighted by molar-refractivity contribution is 6.13. The van der Waals surface area contributed by atoms with Crippen molar-refractivity contribution >= 4 is 35.5 Å². The van der Waals surface area contributed by atoms with Crippen molar-refractivity contribution in [3.8, 4) is 0 Å². The second-order valence-electron chi connectivity index (χ2n) is 11.3. The maximum atomic E-state index is 12.6. The van der Waals surface area contributed by atoms with Crippen molar-refractivity contribution < 1.29 is 71.8 Å². The molecular weight excluding hydrogens is 704 g/mol. The predicted octanol–water partition coefficient (Wildman–Crippen LogP) is -1.18. The lowest BCUT2D eigenvalue weighted by molar-refractivity contribution is -0.139. The topological polar surface area (TPSA) is 236 Å². The van der Waals surface area contributed by atoms with Crippen LogP contribution in [0.3, 0.4) is 0 Å². The Morgan fingerprint density at radius 3 is 1.55 bits per heavy atom. The second-order valence-corrected chi connectivity index (χ2v) is 11.3. The third-order valence-electron chi connectivity index (χ3n) is 7.13. The van der Waals surface area contributed by atoms with Crippen LogP contribution < -0.4 is 16.0 Å². The summed E-state index contributed by atoms with van der Waals surface area (Å²) in [7, 11) is 1.63. The van der Waals surface area contributed by atoms with Gasteiger partial charge in [-0.15, -0.1) is 0 Å². The van der Waals surface area contributed by atoms with Crippen molar-refractivity contribution in [1.82, 2.24) is 20.9 Å². The Morgan fingerprint density at radius 1 is 0.604 bits per heavy atom. The minimum Gasteiger partial charge on any atom is -0.481 e. The first-order chi connectivity index (χ1) is 25.7. The van der Waals surface area contributed by atoms with Crippen molar-refractivity contribution in [2.45, 2.75) is 44.6 Å². The highest BCUT2D eigenvalue weighted by Crippen LogP contribution is 2.06. The Balaban J connectivity index is 2.00. The van der Waals surface area contributed by atoms with E-state index in [-0.39, 0.29) is 51.3 Å². The first kappa shape index (κ1) is 47.5. The molecule has 1 aliphatic rings. The standard InChI is InChI=1S/C34H58N4O15/c1-46-14-15-48-18-19-50-22-23-52-26-27-53-25-24-51-21-20-49-17-16-47-13-9-29(39)35-10-3-2-4-28(34(45)36-11-7-33(43)44)37-30(40)8-12-38-31(41)5-6-32(38)42/h5-6,28H,2-4,7-27H2,1H3,(H,35,39)(H,36,45)(H,37,40)(H,43,44). The SMILES string of the molecule is COCCOCCOCCOCCOCCOCCOCCOCCC(=O)NCCCCC(NC(=O)CCN1C(=O)C=CC1=O)C(=O)NCCC(=O)O. The number of hydrogen-bond donors (Lipinski definition) is 4. The lowest BCUT2D eigenvalue weighted by Gasteiger charge is -2.19. The number of imide groups is 1. The van der Waals surface area contributed by atoms with Crippen LogP contribution in [0.4, 0.5) is 0 Å². The molecule has 0 radical (unpaired) electrons. The maximum Gasteiger partial charge on any atom is 0.305 e. The molecule has 1 atom stereocenters. The van der Waals surface area contributed by atoms with E-state index in [0.717, 1.165) is 17.1 Å². The summed E-state index contributed by atoms with van der Waals surface area (Å²) < 4.78 is 42.7. The molecule has 0 bridgehead atoms. The van der Waals surface area contributed by atoms with E-state index in [1.54, 1.807) is 7.11 Å². The van der Waals surface area contributed by atoms with Crippen LogP contribution in [0.25, 0.3) is 0 Å². The molecule has 1 unspecified atom stereocenters. The van der Waals surface area contributed by atoms with Crippen molar-refractivity contribution in [2.75, 3.05) is 126 Å². The van der Waals surface area contributed by atoms with E-state index in [1.807, 2.05) is 0 Å². The molecule has 0 aliphatic carbocycles. The molecule has 1 rings (SSSR count). The smallest absolute Gasteiger partial charge is 0.305 e. The molecule has 1 aliphatic heterocycles. The monoisotopic (exact) mass is 762 g/mol. The first-order valence-corrected chi connectivity index (χ1v) is 17.9. The number of carboxylic acid groups (broad SMARTS) is 1. The van der Waals surface area contributed by atoms with Crippen molar-refractivity contribution in [3.63, 3.8) is 0 Å². The molecule has 0 spiro atoms. The molecule has 19 heteroatoms. The minimum atomic E-state index is -1.08. The normalized spacial score (nSPS) is 13.0. The fourth-order valence-corrected chi connectivity index (χ4v) is 4.33. The molecule has 0 saturated heterocycles. The molecule has 53 heavy (non-hydrogen) atoms. The van der Waals surface area contributed by atoms with Gasteiger partial charge in [0.15, 0.2) is 0 Å². The maximum absolute atomic E-state index is 12.6. The van der Waals surface area contributed by atoms with Crippen LogP contribution in [-0.2, 0) is 66.7 Å². The highest BCUT2D eigenvalue weighted by atomic mass is 16.6. The average molecular weight is 763 g/mol. The number of unbranched alkanes of at least 4 members (excludes halogenated alkanes) is 1. The number of nitrogens with one attached hydrogen (secondary N) is 3.